The van der Waals surface area contributed by atoms with Crippen LogP contribution in [0.5, 0.6) is 0 Å². The molecule has 0 saturated heterocycles. The molecular weight excluding hydrogens is 504 g/mol. The van der Waals surface area contributed by atoms with Crippen molar-refractivity contribution >= 4 is 49.1 Å². The van der Waals surface area contributed by atoms with Crippen LogP contribution in [0.3, 0.4) is 0 Å². The van der Waals surface area contributed by atoms with Gasteiger partial charge in [0.05, 0.1) is 10.4 Å². The van der Waals surface area contributed by atoms with Crippen molar-refractivity contribution in [2.75, 3.05) is 24.9 Å². The third kappa shape index (κ3) is 5.64. The molecule has 0 aliphatic rings. The molecule has 0 fully saturated rings. The molecule has 0 aliphatic carbocycles. The van der Waals surface area contributed by atoms with E-state index in [-0.39, 0.29) is 4.90 Å². The lowest BCUT2D eigenvalue weighted by Gasteiger charge is -2.17. The van der Waals surface area contributed by atoms with Gasteiger partial charge in [-0.25, -0.2) is 8.42 Å². The van der Waals surface area contributed by atoms with Gasteiger partial charge >= 0.3 is 0 Å². The van der Waals surface area contributed by atoms with Crippen LogP contribution >= 0.6 is 11.6 Å². The van der Waals surface area contributed by atoms with Gasteiger partial charge in [-0.3, -0.25) is 9.71 Å². The van der Waals surface area contributed by atoms with Gasteiger partial charge in [0.1, 0.15) is 0 Å². The first-order chi connectivity index (χ1) is 17.8. The zero-order valence-corrected chi connectivity index (χ0v) is 22.4. The topological polar surface area (TPSA) is 78.1 Å². The molecule has 0 amide bonds. The Morgan fingerprint density at radius 3 is 2.51 bits per heavy atom. The molecule has 5 aromatic rings. The Bertz CT molecular complexity index is 1660. The van der Waals surface area contributed by atoms with Gasteiger partial charge in [-0.1, -0.05) is 29.8 Å². The number of anilines is 1. The van der Waals surface area contributed by atoms with Crippen molar-refractivity contribution in [3.05, 3.63) is 101 Å². The number of halogens is 1. The van der Waals surface area contributed by atoms with Crippen LogP contribution in [-0.2, 0) is 22.9 Å². The molecule has 0 atom stereocenters. The Balaban J connectivity index is 1.28. The van der Waals surface area contributed by atoms with Gasteiger partial charge < -0.3 is 9.88 Å². The quantitative estimate of drug-likeness (QED) is 0.237. The summed E-state index contributed by atoms with van der Waals surface area (Å²) >= 11 is 5.91. The standard InChI is InChI=1S/C29H29ClN4O2S/c1-20-25(15-18-34(2)17-14-21-13-16-31-28-6-4-3-5-26(21)28)27-19-23(9-12-29(27)32-20)33-37(35,36)24-10-7-22(30)8-11-24/h3-13,16,19,32-33H,14-15,17-18H2,1-2H3. The highest BCUT2D eigenvalue weighted by Gasteiger charge is 2.16. The van der Waals surface area contributed by atoms with Crippen LogP contribution in [0.15, 0.2) is 83.9 Å². The largest absolute Gasteiger partial charge is 0.358 e. The molecule has 3 aromatic carbocycles. The van der Waals surface area contributed by atoms with Gasteiger partial charge in [-0.2, -0.15) is 0 Å². The number of likely N-dealkylation sites (N-methyl/N-ethyl adjacent to an activating group) is 1. The van der Waals surface area contributed by atoms with Crippen LogP contribution in [0.2, 0.25) is 5.02 Å². The fourth-order valence-corrected chi connectivity index (χ4v) is 5.87. The van der Waals surface area contributed by atoms with Crippen LogP contribution < -0.4 is 4.72 Å². The predicted molar refractivity (Wildman–Crippen MR) is 152 cm³/mol. The second-order valence-corrected chi connectivity index (χ2v) is 11.5. The number of H-pyrrole nitrogens is 1. The molecular formula is C29H29ClN4O2S. The van der Waals surface area contributed by atoms with E-state index < -0.39 is 10.0 Å². The molecule has 2 heterocycles. The van der Waals surface area contributed by atoms with E-state index in [1.807, 2.05) is 30.5 Å². The molecule has 0 unspecified atom stereocenters. The van der Waals surface area contributed by atoms with Crippen molar-refractivity contribution in [1.29, 1.82) is 0 Å². The summed E-state index contributed by atoms with van der Waals surface area (Å²) in [6, 6.07) is 22.1. The Hall–Kier alpha value is -3.39. The van der Waals surface area contributed by atoms with Crippen molar-refractivity contribution in [2.24, 2.45) is 0 Å². The number of benzene rings is 3. The number of aryl methyl sites for hydroxylation is 1. The third-order valence-corrected chi connectivity index (χ3v) is 8.39. The predicted octanol–water partition coefficient (Wildman–Crippen LogP) is 6.20. The van der Waals surface area contributed by atoms with E-state index >= 15 is 0 Å². The minimum absolute atomic E-state index is 0.172. The van der Waals surface area contributed by atoms with E-state index in [0.717, 1.165) is 48.0 Å². The van der Waals surface area contributed by atoms with Crippen molar-refractivity contribution in [3.8, 4) is 0 Å². The van der Waals surface area contributed by atoms with Crippen LogP contribution in [0.4, 0.5) is 5.69 Å². The summed E-state index contributed by atoms with van der Waals surface area (Å²) in [6.07, 6.45) is 3.68. The van der Waals surface area contributed by atoms with Gasteiger partial charge in [0.2, 0.25) is 0 Å². The summed E-state index contributed by atoms with van der Waals surface area (Å²) in [7, 11) is -1.57. The number of nitrogens with one attached hydrogen (secondary N) is 2. The van der Waals surface area contributed by atoms with Crippen LogP contribution in [-0.4, -0.2) is 43.4 Å². The molecule has 0 saturated carbocycles. The van der Waals surface area contributed by atoms with E-state index in [0.29, 0.717) is 10.7 Å². The fourth-order valence-electron chi connectivity index (χ4n) is 4.69. The molecule has 2 aromatic heterocycles. The first-order valence-electron chi connectivity index (χ1n) is 12.2. The maximum Gasteiger partial charge on any atom is 0.261 e. The highest BCUT2D eigenvalue weighted by molar-refractivity contribution is 7.92. The molecule has 8 heteroatoms. The molecule has 190 valence electrons. The molecule has 0 spiro atoms. The Morgan fingerprint density at radius 2 is 1.70 bits per heavy atom. The minimum Gasteiger partial charge on any atom is -0.358 e. The van der Waals surface area contributed by atoms with Gasteiger partial charge in [-0.05, 0) is 92.5 Å². The summed E-state index contributed by atoms with van der Waals surface area (Å²) in [5.74, 6) is 0. The van der Waals surface area contributed by atoms with Gasteiger partial charge in [0, 0.05) is 52.0 Å². The van der Waals surface area contributed by atoms with E-state index in [4.69, 9.17) is 11.6 Å². The zero-order chi connectivity index (χ0) is 26.0. The second-order valence-electron chi connectivity index (χ2n) is 9.34. The molecule has 0 radical (unpaired) electrons. The number of pyridine rings is 1. The summed E-state index contributed by atoms with van der Waals surface area (Å²) < 4.78 is 28.4. The normalized spacial score (nSPS) is 12.0. The van der Waals surface area contributed by atoms with E-state index in [9.17, 15) is 8.42 Å². The number of aromatic nitrogens is 2. The van der Waals surface area contributed by atoms with E-state index in [2.05, 4.69) is 51.8 Å². The average Bonchev–Trinajstić information content (AvgIpc) is 3.20. The van der Waals surface area contributed by atoms with Crippen molar-refractivity contribution < 1.29 is 8.42 Å². The van der Waals surface area contributed by atoms with E-state index in [1.165, 1.54) is 28.6 Å². The number of hydrogen-bond donors (Lipinski definition) is 2. The molecule has 0 bridgehead atoms. The number of fused-ring (bicyclic) bond motifs is 2. The number of nitrogens with zero attached hydrogens (tertiary/aromatic N) is 2. The van der Waals surface area contributed by atoms with Crippen LogP contribution in [0.1, 0.15) is 16.8 Å². The lowest BCUT2D eigenvalue weighted by molar-refractivity contribution is 0.343. The van der Waals surface area contributed by atoms with Gasteiger partial charge in [0.25, 0.3) is 10.0 Å². The SMILES string of the molecule is Cc1[nH]c2ccc(NS(=O)(=O)c3ccc(Cl)cc3)cc2c1CCN(C)CCc1ccnc2ccccc12. The summed E-state index contributed by atoms with van der Waals surface area (Å²) in [6.45, 7) is 3.88. The molecule has 0 aliphatic heterocycles. The van der Waals surface area contributed by atoms with Gasteiger partial charge in [0.15, 0.2) is 0 Å². The number of para-hydroxylation sites is 1. The van der Waals surface area contributed by atoms with Crippen LogP contribution in [0, 0.1) is 6.92 Å². The Morgan fingerprint density at radius 1 is 0.946 bits per heavy atom. The summed E-state index contributed by atoms with van der Waals surface area (Å²) in [4.78, 5) is 10.4. The number of hydrogen-bond acceptors (Lipinski definition) is 4. The minimum atomic E-state index is -3.71. The monoisotopic (exact) mass is 532 g/mol. The molecule has 6 nitrogen and oxygen atoms in total. The average molecular weight is 533 g/mol. The summed E-state index contributed by atoms with van der Waals surface area (Å²) in [5, 5.41) is 2.73. The summed E-state index contributed by atoms with van der Waals surface area (Å²) in [5.41, 5.74) is 6.15. The molecule has 37 heavy (non-hydrogen) atoms. The fraction of sp³-hybridized carbons (Fsp3) is 0.207. The number of sulfonamides is 1. The molecule has 2 N–H and O–H groups in total. The lowest BCUT2D eigenvalue weighted by atomic mass is 10.1. The second kappa shape index (κ2) is 10.5. The maximum atomic E-state index is 12.9. The highest BCUT2D eigenvalue weighted by atomic mass is 35.5. The van der Waals surface area contributed by atoms with Crippen LogP contribution in [0.25, 0.3) is 21.8 Å². The third-order valence-electron chi connectivity index (χ3n) is 6.74. The Labute approximate surface area is 222 Å². The van der Waals surface area contributed by atoms with Gasteiger partial charge in [-0.15, -0.1) is 0 Å². The number of rotatable bonds is 9. The lowest BCUT2D eigenvalue weighted by Crippen LogP contribution is -2.24. The zero-order valence-electron chi connectivity index (χ0n) is 20.8. The highest BCUT2D eigenvalue weighted by Crippen LogP contribution is 2.27. The van der Waals surface area contributed by atoms with Crippen molar-refractivity contribution in [3.63, 3.8) is 0 Å². The Kier molecular flexibility index (Phi) is 7.20. The number of aromatic amines is 1. The maximum absolute atomic E-state index is 12.9. The first kappa shape index (κ1) is 25.3. The van der Waals surface area contributed by atoms with E-state index in [1.54, 1.807) is 18.2 Å². The first-order valence-corrected chi connectivity index (χ1v) is 14.1. The van der Waals surface area contributed by atoms with Crippen molar-refractivity contribution in [2.45, 2.75) is 24.7 Å². The van der Waals surface area contributed by atoms with Crippen molar-refractivity contribution in [1.82, 2.24) is 14.9 Å². The smallest absolute Gasteiger partial charge is 0.261 e. The molecule has 5 rings (SSSR count).